The van der Waals surface area contributed by atoms with E-state index in [-0.39, 0.29) is 0 Å². The Morgan fingerprint density at radius 1 is 1.54 bits per heavy atom. The summed E-state index contributed by atoms with van der Waals surface area (Å²) in [6.45, 7) is 0. The second-order valence-electron chi connectivity index (χ2n) is 2.97. The van der Waals surface area contributed by atoms with Crippen LogP contribution < -0.4 is 10.6 Å². The second kappa shape index (κ2) is 3.01. The van der Waals surface area contributed by atoms with E-state index >= 15 is 0 Å². The molecular formula is C10H9NO2. The van der Waals surface area contributed by atoms with Gasteiger partial charge in [-0.1, -0.05) is 12.1 Å². The van der Waals surface area contributed by atoms with Crippen LogP contribution in [0.3, 0.4) is 0 Å². The quantitative estimate of drug-likeness (QED) is 0.648. The zero-order chi connectivity index (χ0) is 9.26. The molecule has 0 saturated heterocycles. The molecule has 2 rings (SSSR count). The van der Waals surface area contributed by atoms with E-state index in [1.165, 1.54) is 0 Å². The van der Waals surface area contributed by atoms with Crippen molar-refractivity contribution in [3.05, 3.63) is 28.9 Å². The molecule has 0 radical (unpaired) electrons. The van der Waals surface area contributed by atoms with E-state index in [1.807, 2.05) is 18.2 Å². The molecule has 0 aromatic carbocycles. The highest BCUT2D eigenvalue weighted by molar-refractivity contribution is 6.08. The van der Waals surface area contributed by atoms with Crippen LogP contribution in [0.5, 0.6) is 0 Å². The van der Waals surface area contributed by atoms with Crippen LogP contribution in [0.25, 0.3) is 11.6 Å². The van der Waals surface area contributed by atoms with Gasteiger partial charge in [0.05, 0.1) is 10.9 Å². The predicted octanol–water partition coefficient (Wildman–Crippen LogP) is -0.109. The Kier molecular flexibility index (Phi) is 1.85. The smallest absolute Gasteiger partial charge is 0.333 e. The number of rotatable bonds is 1. The minimum atomic E-state index is -0.854. The summed E-state index contributed by atoms with van der Waals surface area (Å²) in [7, 11) is 0. The third-order valence-corrected chi connectivity index (χ3v) is 2.14. The van der Waals surface area contributed by atoms with Crippen molar-refractivity contribution < 1.29 is 9.90 Å². The van der Waals surface area contributed by atoms with E-state index in [4.69, 9.17) is 5.11 Å². The lowest BCUT2D eigenvalue weighted by Crippen LogP contribution is -2.34. The van der Waals surface area contributed by atoms with Gasteiger partial charge in [0.1, 0.15) is 0 Å². The van der Waals surface area contributed by atoms with Gasteiger partial charge >= 0.3 is 5.97 Å². The monoisotopic (exact) mass is 175 g/mol. The second-order valence-corrected chi connectivity index (χ2v) is 2.97. The fourth-order valence-electron chi connectivity index (χ4n) is 1.53. The number of hydrogen-bond donors (Lipinski definition) is 1. The van der Waals surface area contributed by atoms with E-state index in [2.05, 4.69) is 4.98 Å². The minimum Gasteiger partial charge on any atom is -0.478 e. The van der Waals surface area contributed by atoms with E-state index in [9.17, 15) is 4.79 Å². The van der Waals surface area contributed by atoms with Gasteiger partial charge < -0.3 is 5.11 Å². The fraction of sp³-hybridized carbons (Fsp3) is 0.200. The number of carboxylic acids is 1. The maximum absolute atomic E-state index is 10.8. The molecule has 13 heavy (non-hydrogen) atoms. The molecule has 0 saturated carbocycles. The first-order chi connectivity index (χ1) is 6.29. The van der Waals surface area contributed by atoms with Crippen LogP contribution in [0, 0.1) is 0 Å². The van der Waals surface area contributed by atoms with Crippen LogP contribution >= 0.6 is 0 Å². The summed E-state index contributed by atoms with van der Waals surface area (Å²) in [4.78, 5) is 14.9. The number of fused-ring (bicyclic) bond motifs is 1. The molecule has 1 aliphatic carbocycles. The Balaban J connectivity index is 2.83. The number of aliphatic carboxylic acids is 1. The maximum atomic E-state index is 10.8. The zero-order valence-electron chi connectivity index (χ0n) is 7.03. The van der Waals surface area contributed by atoms with Crippen molar-refractivity contribution in [1.82, 2.24) is 4.98 Å². The average Bonchev–Trinajstić information content (AvgIpc) is 2.17. The highest BCUT2D eigenvalue weighted by Gasteiger charge is 2.11. The lowest BCUT2D eigenvalue weighted by molar-refractivity contribution is -0.130. The molecule has 1 aliphatic rings. The fourth-order valence-corrected chi connectivity index (χ4v) is 1.53. The molecule has 0 bridgehead atoms. The Labute approximate surface area is 75.0 Å². The van der Waals surface area contributed by atoms with E-state index < -0.39 is 5.97 Å². The first-order valence-corrected chi connectivity index (χ1v) is 4.17. The van der Waals surface area contributed by atoms with E-state index in [0.717, 1.165) is 11.6 Å². The average molecular weight is 175 g/mol. The Morgan fingerprint density at radius 3 is 3.15 bits per heavy atom. The minimum absolute atomic E-state index is 0.429. The van der Waals surface area contributed by atoms with Gasteiger partial charge in [-0.05, 0) is 24.1 Å². The van der Waals surface area contributed by atoms with Gasteiger partial charge in [0.15, 0.2) is 0 Å². The van der Waals surface area contributed by atoms with Crippen molar-refractivity contribution in [2.75, 3.05) is 0 Å². The SMILES string of the molecule is O=C(O)C1=c2ncccc2=CCC1. The van der Waals surface area contributed by atoms with Crippen LogP contribution in [-0.2, 0) is 4.79 Å². The lowest BCUT2D eigenvalue weighted by atomic mass is 10.0. The molecular weight excluding hydrogens is 166 g/mol. The Hall–Kier alpha value is -1.64. The molecule has 0 atom stereocenters. The lowest BCUT2D eigenvalue weighted by Gasteiger charge is -2.04. The highest BCUT2D eigenvalue weighted by Crippen LogP contribution is 2.06. The van der Waals surface area contributed by atoms with Crippen molar-refractivity contribution in [2.45, 2.75) is 12.8 Å². The molecule has 1 N–H and O–H groups in total. The molecule has 0 unspecified atom stereocenters. The first-order valence-electron chi connectivity index (χ1n) is 4.17. The number of nitrogens with zero attached hydrogens (tertiary/aromatic N) is 1. The molecule has 3 heteroatoms. The topological polar surface area (TPSA) is 50.2 Å². The van der Waals surface area contributed by atoms with Crippen LogP contribution in [0.1, 0.15) is 12.8 Å². The van der Waals surface area contributed by atoms with Crippen molar-refractivity contribution in [2.24, 2.45) is 0 Å². The van der Waals surface area contributed by atoms with Gasteiger partial charge in [-0.2, -0.15) is 0 Å². The normalized spacial score (nSPS) is 14.6. The van der Waals surface area contributed by atoms with Gasteiger partial charge in [0.2, 0.25) is 0 Å². The first kappa shape index (κ1) is 7.98. The third-order valence-electron chi connectivity index (χ3n) is 2.14. The summed E-state index contributed by atoms with van der Waals surface area (Å²) in [5.41, 5.74) is 0.429. The summed E-state index contributed by atoms with van der Waals surface area (Å²) in [5.74, 6) is -0.854. The predicted molar refractivity (Wildman–Crippen MR) is 48.2 cm³/mol. The number of aromatic nitrogens is 1. The van der Waals surface area contributed by atoms with Gasteiger partial charge in [-0.25, -0.2) is 4.79 Å². The molecule has 66 valence electrons. The zero-order valence-corrected chi connectivity index (χ0v) is 7.03. The number of carbonyl (C=O) groups is 1. The molecule has 0 aliphatic heterocycles. The summed E-state index contributed by atoms with van der Waals surface area (Å²) in [5, 5.41) is 10.5. The van der Waals surface area contributed by atoms with Gasteiger partial charge in [-0.3, -0.25) is 4.98 Å². The summed E-state index contributed by atoms with van der Waals surface area (Å²) in [6, 6.07) is 3.71. The highest BCUT2D eigenvalue weighted by atomic mass is 16.4. The maximum Gasteiger partial charge on any atom is 0.333 e. The van der Waals surface area contributed by atoms with E-state index in [1.54, 1.807) is 6.20 Å². The van der Waals surface area contributed by atoms with Gasteiger partial charge in [-0.15, -0.1) is 0 Å². The largest absolute Gasteiger partial charge is 0.478 e. The van der Waals surface area contributed by atoms with Gasteiger partial charge in [0.25, 0.3) is 0 Å². The van der Waals surface area contributed by atoms with Crippen LogP contribution in [0.4, 0.5) is 0 Å². The number of hydrogen-bond acceptors (Lipinski definition) is 2. The molecule has 1 aromatic rings. The van der Waals surface area contributed by atoms with E-state index in [0.29, 0.717) is 17.3 Å². The van der Waals surface area contributed by atoms with Crippen molar-refractivity contribution in [3.63, 3.8) is 0 Å². The molecule has 3 nitrogen and oxygen atoms in total. The van der Waals surface area contributed by atoms with Crippen LogP contribution in [0.2, 0.25) is 0 Å². The number of carboxylic acid groups (broad SMARTS) is 1. The summed E-state index contributed by atoms with van der Waals surface area (Å²) >= 11 is 0. The standard InChI is InChI=1S/C10H9NO2/c12-10(13)8-5-1-3-7-4-2-6-11-9(7)8/h2-4,6H,1,5H2,(H,12,13). The molecule has 0 fully saturated rings. The van der Waals surface area contributed by atoms with Crippen molar-refractivity contribution >= 4 is 17.6 Å². The third kappa shape index (κ3) is 1.33. The van der Waals surface area contributed by atoms with Crippen molar-refractivity contribution in [1.29, 1.82) is 0 Å². The molecule has 0 spiro atoms. The molecule has 1 heterocycles. The molecule has 1 aromatic heterocycles. The Bertz CT molecular complexity index is 462. The summed E-state index contributed by atoms with van der Waals surface area (Å²) in [6.07, 6.45) is 5.02. The summed E-state index contributed by atoms with van der Waals surface area (Å²) < 4.78 is 0. The number of pyridine rings is 1. The Morgan fingerprint density at radius 2 is 2.38 bits per heavy atom. The van der Waals surface area contributed by atoms with Crippen LogP contribution in [0.15, 0.2) is 18.3 Å². The van der Waals surface area contributed by atoms with Crippen molar-refractivity contribution in [3.8, 4) is 0 Å². The van der Waals surface area contributed by atoms with Gasteiger partial charge in [0, 0.05) is 6.20 Å². The molecule has 0 amide bonds. The van der Waals surface area contributed by atoms with Crippen LogP contribution in [-0.4, -0.2) is 16.1 Å².